The third-order valence-electron chi connectivity index (χ3n) is 3.97. The van der Waals surface area contributed by atoms with Gasteiger partial charge in [-0.1, -0.05) is 46.3 Å². The van der Waals surface area contributed by atoms with E-state index in [4.69, 9.17) is 0 Å². The Kier molecular flexibility index (Phi) is 6.21. The summed E-state index contributed by atoms with van der Waals surface area (Å²) in [5, 5.41) is 8.67. The molecule has 5 nitrogen and oxygen atoms in total. The lowest BCUT2D eigenvalue weighted by Gasteiger charge is -2.12. The van der Waals surface area contributed by atoms with Crippen LogP contribution in [0.2, 0.25) is 0 Å². The first-order valence-corrected chi connectivity index (χ1v) is 9.80. The lowest BCUT2D eigenvalue weighted by atomic mass is 10.1. The van der Waals surface area contributed by atoms with Crippen molar-refractivity contribution in [2.75, 3.05) is 11.9 Å². The number of rotatable bonds is 5. The Bertz CT molecular complexity index is 853. The van der Waals surface area contributed by atoms with E-state index in [0.717, 1.165) is 26.6 Å². The smallest absolute Gasteiger partial charge is 0.243 e. The molecule has 2 aromatic rings. The number of hydrazone groups is 1. The fourth-order valence-corrected chi connectivity index (χ4v) is 3.33. The summed E-state index contributed by atoms with van der Waals surface area (Å²) in [6.07, 6.45) is 0.973. The number of benzene rings is 2. The Morgan fingerprint density at radius 2 is 1.85 bits per heavy atom. The number of nitrogens with one attached hydrogen (secondary N) is 1. The number of carbonyl (C=O) groups excluding carboxylic acids is 2. The first-order chi connectivity index (χ1) is 12.5. The van der Waals surface area contributed by atoms with Crippen LogP contribution in [0.5, 0.6) is 0 Å². The lowest BCUT2D eigenvalue weighted by molar-refractivity contribution is -0.132. The van der Waals surface area contributed by atoms with Gasteiger partial charge in [0.25, 0.3) is 0 Å². The molecule has 0 unspecified atom stereocenters. The van der Waals surface area contributed by atoms with Gasteiger partial charge in [0.2, 0.25) is 11.8 Å². The van der Waals surface area contributed by atoms with Crippen LogP contribution in [-0.4, -0.2) is 29.1 Å². The van der Waals surface area contributed by atoms with Gasteiger partial charge in [-0.3, -0.25) is 9.59 Å². The minimum Gasteiger partial charge on any atom is -0.325 e. The fourth-order valence-electron chi connectivity index (χ4n) is 2.63. The molecule has 0 aliphatic carbocycles. The molecule has 0 radical (unpaired) electrons. The standard InChI is InChI=1S/C19H17Br2N3O2/c20-14-6-7-15(21)17(12-14)22-18(25)8-9-19(26)24-11-10-16(23-24)13-4-2-1-3-5-13/h1-7,12H,8-11H2,(H,22,25). The highest BCUT2D eigenvalue weighted by molar-refractivity contribution is 9.11. The van der Waals surface area contributed by atoms with Crippen LogP contribution in [0.15, 0.2) is 62.6 Å². The zero-order chi connectivity index (χ0) is 18.5. The van der Waals surface area contributed by atoms with Crippen molar-refractivity contribution < 1.29 is 9.59 Å². The Morgan fingerprint density at radius 1 is 1.08 bits per heavy atom. The Labute approximate surface area is 168 Å². The van der Waals surface area contributed by atoms with E-state index in [2.05, 4.69) is 42.3 Å². The van der Waals surface area contributed by atoms with Crippen molar-refractivity contribution in [3.8, 4) is 0 Å². The Balaban J connectivity index is 1.53. The number of hydrogen-bond acceptors (Lipinski definition) is 3. The van der Waals surface area contributed by atoms with Gasteiger partial charge in [0.05, 0.1) is 17.9 Å². The van der Waals surface area contributed by atoms with Gasteiger partial charge in [0.1, 0.15) is 0 Å². The van der Waals surface area contributed by atoms with Gasteiger partial charge in [-0.2, -0.15) is 5.10 Å². The van der Waals surface area contributed by atoms with Crippen molar-refractivity contribution in [2.24, 2.45) is 5.10 Å². The largest absolute Gasteiger partial charge is 0.325 e. The number of hydrogen-bond donors (Lipinski definition) is 1. The first kappa shape index (κ1) is 18.8. The van der Waals surface area contributed by atoms with Gasteiger partial charge in [0, 0.05) is 28.2 Å². The number of halogens is 2. The summed E-state index contributed by atoms with van der Waals surface area (Å²) in [7, 11) is 0. The molecule has 1 aliphatic heterocycles. The van der Waals surface area contributed by atoms with Gasteiger partial charge < -0.3 is 5.32 Å². The highest BCUT2D eigenvalue weighted by Gasteiger charge is 2.22. The van der Waals surface area contributed by atoms with E-state index in [1.165, 1.54) is 5.01 Å². The third kappa shape index (κ3) is 4.80. The van der Waals surface area contributed by atoms with Crippen LogP contribution in [0, 0.1) is 0 Å². The molecule has 0 aromatic heterocycles. The van der Waals surface area contributed by atoms with Crippen molar-refractivity contribution >= 4 is 55.1 Å². The second-order valence-corrected chi connectivity index (χ2v) is 7.62. The van der Waals surface area contributed by atoms with E-state index in [1.54, 1.807) is 6.07 Å². The molecule has 0 spiro atoms. The van der Waals surface area contributed by atoms with Gasteiger partial charge in [0.15, 0.2) is 0 Å². The maximum atomic E-state index is 12.3. The van der Waals surface area contributed by atoms with Gasteiger partial charge in [-0.05, 0) is 39.7 Å². The second-order valence-electron chi connectivity index (χ2n) is 5.85. The molecule has 0 atom stereocenters. The summed E-state index contributed by atoms with van der Waals surface area (Å²) in [5.74, 6) is -0.344. The summed E-state index contributed by atoms with van der Waals surface area (Å²) in [4.78, 5) is 24.4. The molecule has 1 N–H and O–H groups in total. The average Bonchev–Trinajstić information content (AvgIpc) is 3.14. The molecule has 1 heterocycles. The van der Waals surface area contributed by atoms with Gasteiger partial charge >= 0.3 is 0 Å². The van der Waals surface area contributed by atoms with E-state index in [9.17, 15) is 9.59 Å². The summed E-state index contributed by atoms with van der Waals surface area (Å²) in [6.45, 7) is 0.557. The maximum Gasteiger partial charge on any atom is 0.243 e. The number of anilines is 1. The van der Waals surface area contributed by atoms with E-state index < -0.39 is 0 Å². The highest BCUT2D eigenvalue weighted by Crippen LogP contribution is 2.26. The van der Waals surface area contributed by atoms with Crippen molar-refractivity contribution in [1.82, 2.24) is 5.01 Å². The van der Waals surface area contributed by atoms with E-state index >= 15 is 0 Å². The van der Waals surface area contributed by atoms with Crippen LogP contribution in [0.1, 0.15) is 24.8 Å². The van der Waals surface area contributed by atoms with Crippen molar-refractivity contribution in [3.63, 3.8) is 0 Å². The molecule has 134 valence electrons. The Hall–Kier alpha value is -1.99. The molecular weight excluding hydrogens is 462 g/mol. The molecule has 2 aromatic carbocycles. The lowest BCUT2D eigenvalue weighted by Crippen LogP contribution is -2.25. The number of carbonyl (C=O) groups is 2. The first-order valence-electron chi connectivity index (χ1n) is 8.21. The molecule has 3 rings (SSSR count). The zero-order valence-corrected chi connectivity index (χ0v) is 17.1. The molecule has 7 heteroatoms. The van der Waals surface area contributed by atoms with Crippen molar-refractivity contribution in [3.05, 3.63) is 63.0 Å². The molecule has 0 saturated heterocycles. The van der Waals surface area contributed by atoms with E-state index in [-0.39, 0.29) is 24.7 Å². The quantitative estimate of drug-likeness (QED) is 0.684. The molecular formula is C19H17Br2N3O2. The van der Waals surface area contributed by atoms with Crippen LogP contribution in [0.4, 0.5) is 5.69 Å². The molecule has 0 fully saturated rings. The number of amides is 2. The van der Waals surface area contributed by atoms with Crippen molar-refractivity contribution in [2.45, 2.75) is 19.3 Å². The fraction of sp³-hybridized carbons (Fsp3) is 0.211. The topological polar surface area (TPSA) is 61.8 Å². The summed E-state index contributed by atoms with van der Waals surface area (Å²) >= 11 is 6.76. The highest BCUT2D eigenvalue weighted by atomic mass is 79.9. The third-order valence-corrected chi connectivity index (χ3v) is 5.15. The molecule has 0 bridgehead atoms. The monoisotopic (exact) mass is 477 g/mol. The predicted octanol–water partition coefficient (Wildman–Crippen LogP) is 4.57. The van der Waals surface area contributed by atoms with Crippen molar-refractivity contribution in [1.29, 1.82) is 0 Å². The molecule has 2 amide bonds. The Morgan fingerprint density at radius 3 is 2.62 bits per heavy atom. The summed E-state index contributed by atoms with van der Waals surface area (Å²) in [5.41, 5.74) is 2.60. The van der Waals surface area contributed by atoms with Crippen LogP contribution in [-0.2, 0) is 9.59 Å². The minimum atomic E-state index is -0.205. The van der Waals surface area contributed by atoms with Gasteiger partial charge in [-0.25, -0.2) is 5.01 Å². The SMILES string of the molecule is O=C(CCC(=O)N1CCC(c2ccccc2)=N1)Nc1cc(Br)ccc1Br. The van der Waals surface area contributed by atoms with Crippen LogP contribution in [0.25, 0.3) is 0 Å². The molecule has 26 heavy (non-hydrogen) atoms. The zero-order valence-electron chi connectivity index (χ0n) is 13.9. The van der Waals surface area contributed by atoms with E-state index in [0.29, 0.717) is 12.2 Å². The van der Waals surface area contributed by atoms with Crippen LogP contribution in [0.3, 0.4) is 0 Å². The molecule has 0 saturated carbocycles. The number of nitrogens with zero attached hydrogens (tertiary/aromatic N) is 2. The predicted molar refractivity (Wildman–Crippen MR) is 109 cm³/mol. The normalized spacial score (nSPS) is 13.5. The second kappa shape index (κ2) is 8.60. The minimum absolute atomic E-state index is 0.116. The van der Waals surface area contributed by atoms with Gasteiger partial charge in [-0.15, -0.1) is 0 Å². The van der Waals surface area contributed by atoms with Crippen LogP contribution < -0.4 is 5.32 Å². The summed E-state index contributed by atoms with van der Waals surface area (Å²) < 4.78 is 1.66. The van der Waals surface area contributed by atoms with E-state index in [1.807, 2.05) is 42.5 Å². The maximum absolute atomic E-state index is 12.3. The summed E-state index contributed by atoms with van der Waals surface area (Å²) in [6, 6.07) is 15.3. The van der Waals surface area contributed by atoms with Crippen LogP contribution >= 0.6 is 31.9 Å². The average molecular weight is 479 g/mol. The molecule has 1 aliphatic rings.